The number of carboxylic acid groups (broad SMARTS) is 1. The second-order valence-corrected chi connectivity index (χ2v) is 4.62. The van der Waals surface area contributed by atoms with Crippen LogP contribution in [0.25, 0.3) is 0 Å². The normalized spacial score (nSPS) is 11.5. The Balaban J connectivity index is 2.74. The quantitative estimate of drug-likeness (QED) is 0.782. The number of nitrogens with one attached hydrogen (secondary N) is 1. The van der Waals surface area contributed by atoms with E-state index in [1.807, 2.05) is 32.0 Å². The van der Waals surface area contributed by atoms with Crippen LogP contribution in [0.3, 0.4) is 0 Å². The Kier molecular flexibility index (Phi) is 5.77. The molecule has 0 aliphatic rings. The van der Waals surface area contributed by atoms with Gasteiger partial charge in [-0.2, -0.15) is 0 Å². The molecule has 0 bridgehead atoms. The van der Waals surface area contributed by atoms with E-state index in [0.29, 0.717) is 0 Å². The van der Waals surface area contributed by atoms with Crippen LogP contribution in [0.5, 0.6) is 0 Å². The van der Waals surface area contributed by atoms with Gasteiger partial charge in [-0.3, -0.25) is 0 Å². The number of alkyl carbamates (subject to hydrolysis) is 1. The maximum Gasteiger partial charge on any atom is 0.408 e. The lowest BCUT2D eigenvalue weighted by Gasteiger charge is -2.15. The maximum absolute atomic E-state index is 11.4. The number of aliphatic carboxylic acids is 1. The average molecular weight is 277 g/mol. The highest BCUT2D eigenvalue weighted by molar-refractivity contribution is 5.80. The summed E-state index contributed by atoms with van der Waals surface area (Å²) >= 11 is 0. The Morgan fingerprint density at radius 1 is 1.35 bits per heavy atom. The lowest BCUT2D eigenvalue weighted by molar-refractivity contribution is -0.139. The van der Waals surface area contributed by atoms with Crippen molar-refractivity contribution in [1.82, 2.24) is 5.32 Å². The van der Waals surface area contributed by atoms with Gasteiger partial charge in [0.25, 0.3) is 0 Å². The molecule has 0 spiro atoms. The number of hydrogen-bond acceptors (Lipinski definition) is 3. The average Bonchev–Trinajstić information content (AvgIpc) is 2.34. The number of rotatable bonds is 6. The van der Waals surface area contributed by atoms with Gasteiger partial charge in [0, 0.05) is 6.42 Å². The maximum atomic E-state index is 11.4. The van der Waals surface area contributed by atoms with Gasteiger partial charge in [-0.1, -0.05) is 42.0 Å². The van der Waals surface area contributed by atoms with Crippen molar-refractivity contribution in [1.29, 1.82) is 0 Å². The molecule has 1 amide bonds. The van der Waals surface area contributed by atoms with Gasteiger partial charge in [0.2, 0.25) is 0 Å². The van der Waals surface area contributed by atoms with Crippen LogP contribution in [0.4, 0.5) is 4.79 Å². The summed E-state index contributed by atoms with van der Waals surface area (Å²) in [4.78, 5) is 22.6. The van der Waals surface area contributed by atoms with Gasteiger partial charge in [0.05, 0.1) is 0 Å². The van der Waals surface area contributed by atoms with Crippen molar-refractivity contribution in [2.24, 2.45) is 0 Å². The third kappa shape index (κ3) is 5.14. The first-order valence-corrected chi connectivity index (χ1v) is 6.26. The predicted octanol–water partition coefficient (Wildman–Crippen LogP) is 2.21. The van der Waals surface area contributed by atoms with Crippen LogP contribution in [0, 0.1) is 13.8 Å². The Hall–Kier alpha value is -2.30. The van der Waals surface area contributed by atoms with E-state index in [0.717, 1.165) is 16.7 Å². The molecule has 0 aliphatic carbocycles. The summed E-state index contributed by atoms with van der Waals surface area (Å²) in [7, 11) is 0. The highest BCUT2D eigenvalue weighted by atomic mass is 16.5. The molecule has 1 aromatic rings. The summed E-state index contributed by atoms with van der Waals surface area (Å²) in [5.74, 6) is -1.10. The number of carbonyl (C=O) groups is 2. The third-order valence-electron chi connectivity index (χ3n) is 2.64. The van der Waals surface area contributed by atoms with E-state index in [-0.39, 0.29) is 13.0 Å². The fourth-order valence-electron chi connectivity index (χ4n) is 1.94. The van der Waals surface area contributed by atoms with E-state index >= 15 is 0 Å². The minimum Gasteiger partial charge on any atom is -0.480 e. The zero-order chi connectivity index (χ0) is 15.1. The summed E-state index contributed by atoms with van der Waals surface area (Å²) in [6.07, 6.45) is 0.863. The summed E-state index contributed by atoms with van der Waals surface area (Å²) in [5, 5.41) is 11.5. The molecular weight excluding hydrogens is 258 g/mol. The second-order valence-electron chi connectivity index (χ2n) is 4.62. The minimum absolute atomic E-state index is 0.0434. The van der Waals surface area contributed by atoms with Gasteiger partial charge in [0.15, 0.2) is 0 Å². The number of hydrogen-bond donors (Lipinski definition) is 2. The van der Waals surface area contributed by atoms with Crippen LogP contribution >= 0.6 is 0 Å². The zero-order valence-electron chi connectivity index (χ0n) is 11.7. The van der Waals surface area contributed by atoms with E-state index in [1.54, 1.807) is 0 Å². The molecule has 0 saturated carbocycles. The van der Waals surface area contributed by atoms with E-state index in [4.69, 9.17) is 9.84 Å². The fraction of sp³-hybridized carbons (Fsp3) is 0.333. The largest absolute Gasteiger partial charge is 0.480 e. The van der Waals surface area contributed by atoms with Crippen molar-refractivity contribution in [2.75, 3.05) is 6.61 Å². The van der Waals surface area contributed by atoms with Crippen molar-refractivity contribution in [2.45, 2.75) is 26.3 Å². The molecule has 5 heteroatoms. The van der Waals surface area contributed by atoms with Crippen LogP contribution < -0.4 is 5.32 Å². The van der Waals surface area contributed by atoms with Crippen molar-refractivity contribution in [3.05, 3.63) is 47.5 Å². The van der Waals surface area contributed by atoms with Gasteiger partial charge in [-0.25, -0.2) is 9.59 Å². The molecule has 1 rings (SSSR count). The molecule has 0 radical (unpaired) electrons. The first-order valence-electron chi connectivity index (χ1n) is 6.26. The van der Waals surface area contributed by atoms with Gasteiger partial charge in [-0.15, -0.1) is 0 Å². The van der Waals surface area contributed by atoms with Crippen molar-refractivity contribution >= 4 is 12.1 Å². The minimum atomic E-state index is -1.10. The molecule has 0 saturated heterocycles. The van der Waals surface area contributed by atoms with Gasteiger partial charge in [-0.05, 0) is 19.4 Å². The molecule has 20 heavy (non-hydrogen) atoms. The number of aryl methyl sites for hydroxylation is 2. The number of benzene rings is 1. The Bertz CT molecular complexity index is 490. The molecule has 1 unspecified atom stereocenters. The summed E-state index contributed by atoms with van der Waals surface area (Å²) < 4.78 is 4.73. The van der Waals surface area contributed by atoms with Gasteiger partial charge in [0.1, 0.15) is 12.6 Å². The molecule has 2 N–H and O–H groups in total. The Labute approximate surface area is 118 Å². The monoisotopic (exact) mass is 277 g/mol. The molecule has 0 fully saturated rings. The lowest BCUT2D eigenvalue weighted by atomic mass is 10.0. The van der Waals surface area contributed by atoms with E-state index < -0.39 is 18.1 Å². The summed E-state index contributed by atoms with van der Waals surface area (Å²) in [6.45, 7) is 7.34. The van der Waals surface area contributed by atoms with Crippen LogP contribution in [-0.2, 0) is 16.0 Å². The van der Waals surface area contributed by atoms with E-state index in [9.17, 15) is 9.59 Å². The van der Waals surface area contributed by atoms with Crippen LogP contribution in [-0.4, -0.2) is 29.8 Å². The molecule has 5 nitrogen and oxygen atoms in total. The lowest BCUT2D eigenvalue weighted by Crippen LogP contribution is -2.42. The SMILES string of the molecule is C=CCOC(=O)NC(Cc1cc(C)cc(C)c1)C(=O)O. The molecule has 0 aliphatic heterocycles. The van der Waals surface area contributed by atoms with Crippen molar-refractivity contribution < 1.29 is 19.4 Å². The number of carbonyl (C=O) groups excluding carboxylic acids is 1. The fourth-order valence-corrected chi connectivity index (χ4v) is 1.94. The highest BCUT2D eigenvalue weighted by Gasteiger charge is 2.21. The van der Waals surface area contributed by atoms with Crippen LogP contribution in [0.2, 0.25) is 0 Å². The van der Waals surface area contributed by atoms with Gasteiger partial charge < -0.3 is 15.2 Å². The van der Waals surface area contributed by atoms with Crippen molar-refractivity contribution in [3.8, 4) is 0 Å². The molecule has 1 atom stereocenters. The number of ether oxygens (including phenoxy) is 1. The second kappa shape index (κ2) is 7.33. The molecule has 1 aromatic carbocycles. The van der Waals surface area contributed by atoms with Crippen LogP contribution in [0.1, 0.15) is 16.7 Å². The first kappa shape index (κ1) is 15.8. The topological polar surface area (TPSA) is 75.6 Å². The number of carboxylic acids is 1. The van der Waals surface area contributed by atoms with E-state index in [1.165, 1.54) is 6.08 Å². The Morgan fingerprint density at radius 2 is 1.95 bits per heavy atom. The predicted molar refractivity (Wildman–Crippen MR) is 75.7 cm³/mol. The first-order chi connectivity index (χ1) is 9.42. The van der Waals surface area contributed by atoms with Crippen LogP contribution in [0.15, 0.2) is 30.9 Å². The number of amides is 1. The smallest absolute Gasteiger partial charge is 0.408 e. The zero-order valence-corrected chi connectivity index (χ0v) is 11.7. The van der Waals surface area contributed by atoms with E-state index in [2.05, 4.69) is 11.9 Å². The molecule has 0 aromatic heterocycles. The molecule has 108 valence electrons. The highest BCUT2D eigenvalue weighted by Crippen LogP contribution is 2.11. The standard InChI is InChI=1S/C15H19NO4/c1-4-5-20-15(19)16-13(14(17)18)9-12-7-10(2)6-11(3)8-12/h4,6-8,13H,1,5,9H2,2-3H3,(H,16,19)(H,17,18). The summed E-state index contributed by atoms with van der Waals surface area (Å²) in [6, 6.07) is 4.79. The third-order valence-corrected chi connectivity index (χ3v) is 2.64. The Morgan fingerprint density at radius 3 is 2.45 bits per heavy atom. The molecule has 0 heterocycles. The summed E-state index contributed by atoms with van der Waals surface area (Å²) in [5.41, 5.74) is 2.97. The van der Waals surface area contributed by atoms with Crippen molar-refractivity contribution in [3.63, 3.8) is 0 Å². The molecular formula is C15H19NO4. The van der Waals surface area contributed by atoms with Gasteiger partial charge >= 0.3 is 12.1 Å².